The molecule has 0 bridgehead atoms. The fraction of sp³-hybridized carbons (Fsp3) is 0.263. The molecular weight excluding hydrogens is 318 g/mol. The normalized spacial score (nSPS) is 18.3. The molecule has 0 spiro atoms. The third-order valence-corrected chi connectivity index (χ3v) is 4.33. The molecule has 2 amide bonds. The smallest absolute Gasteiger partial charge is 0.255 e. The highest BCUT2D eigenvalue weighted by molar-refractivity contribution is 6.05. The molecule has 0 heterocycles. The van der Waals surface area contributed by atoms with Crippen LogP contribution < -0.4 is 21.1 Å². The molecule has 1 fully saturated rings. The highest BCUT2D eigenvalue weighted by Gasteiger charge is 2.39. The summed E-state index contributed by atoms with van der Waals surface area (Å²) in [4.78, 5) is 24.4. The van der Waals surface area contributed by atoms with E-state index in [1.54, 1.807) is 42.5 Å². The fourth-order valence-corrected chi connectivity index (χ4v) is 2.68. The maximum Gasteiger partial charge on any atom is 0.255 e. The van der Waals surface area contributed by atoms with Crippen LogP contribution in [0.15, 0.2) is 42.5 Å². The van der Waals surface area contributed by atoms with E-state index in [-0.39, 0.29) is 17.7 Å². The van der Waals surface area contributed by atoms with E-state index in [0.717, 1.165) is 6.42 Å². The lowest BCUT2D eigenvalue weighted by molar-refractivity contribution is -0.117. The van der Waals surface area contributed by atoms with E-state index in [2.05, 4.69) is 17.6 Å². The number of hydrogen-bond donors (Lipinski definition) is 3. The second-order valence-corrected chi connectivity index (χ2v) is 6.30. The summed E-state index contributed by atoms with van der Waals surface area (Å²) in [6.45, 7) is 2.05. The maximum absolute atomic E-state index is 12.4. The van der Waals surface area contributed by atoms with Crippen molar-refractivity contribution >= 4 is 28.9 Å². The number of carbonyl (C=O) groups is 2. The van der Waals surface area contributed by atoms with Gasteiger partial charge in [-0.25, -0.2) is 0 Å². The number of ether oxygens (including phenoxy) is 1. The largest absolute Gasteiger partial charge is 0.495 e. The Hall–Kier alpha value is -3.02. The van der Waals surface area contributed by atoms with Crippen LogP contribution in [0, 0.1) is 11.8 Å². The Kier molecular flexibility index (Phi) is 4.61. The van der Waals surface area contributed by atoms with Crippen molar-refractivity contribution in [2.75, 3.05) is 23.5 Å². The molecule has 1 aliphatic rings. The van der Waals surface area contributed by atoms with Gasteiger partial charge in [-0.05, 0) is 48.7 Å². The van der Waals surface area contributed by atoms with Crippen LogP contribution >= 0.6 is 0 Å². The Bertz CT molecular complexity index is 819. The molecule has 1 saturated carbocycles. The van der Waals surface area contributed by atoms with Crippen LogP contribution in [0.4, 0.5) is 17.1 Å². The molecule has 3 rings (SSSR count). The third-order valence-electron chi connectivity index (χ3n) is 4.33. The van der Waals surface area contributed by atoms with Gasteiger partial charge >= 0.3 is 0 Å². The predicted molar refractivity (Wildman–Crippen MR) is 97.7 cm³/mol. The molecule has 0 saturated heterocycles. The number of nitrogen functional groups attached to an aromatic ring is 1. The van der Waals surface area contributed by atoms with Gasteiger partial charge in [-0.15, -0.1) is 0 Å². The zero-order valence-electron chi connectivity index (χ0n) is 14.2. The molecule has 130 valence electrons. The minimum atomic E-state index is -0.277. The lowest BCUT2D eigenvalue weighted by atomic mass is 10.1. The van der Waals surface area contributed by atoms with Gasteiger partial charge in [-0.2, -0.15) is 0 Å². The summed E-state index contributed by atoms with van der Waals surface area (Å²) in [5.41, 5.74) is 7.94. The first-order chi connectivity index (χ1) is 12.0. The van der Waals surface area contributed by atoms with Crippen LogP contribution in [0.5, 0.6) is 5.75 Å². The summed E-state index contributed by atoms with van der Waals surface area (Å²) < 4.78 is 5.10. The number of rotatable bonds is 5. The van der Waals surface area contributed by atoms with E-state index in [1.165, 1.54) is 7.11 Å². The van der Waals surface area contributed by atoms with Crippen molar-refractivity contribution < 1.29 is 14.3 Å². The third kappa shape index (κ3) is 3.91. The lowest BCUT2D eigenvalue weighted by Gasteiger charge is -2.10. The fourth-order valence-electron chi connectivity index (χ4n) is 2.68. The van der Waals surface area contributed by atoms with Crippen LogP contribution in [0.3, 0.4) is 0 Å². The Morgan fingerprint density at radius 2 is 1.84 bits per heavy atom. The van der Waals surface area contributed by atoms with E-state index in [9.17, 15) is 9.59 Å². The number of amides is 2. The highest BCUT2D eigenvalue weighted by Crippen LogP contribution is 2.38. The van der Waals surface area contributed by atoms with Crippen molar-refractivity contribution in [2.24, 2.45) is 11.8 Å². The van der Waals surface area contributed by atoms with Crippen molar-refractivity contribution in [1.82, 2.24) is 0 Å². The van der Waals surface area contributed by atoms with Gasteiger partial charge in [0.15, 0.2) is 0 Å². The topological polar surface area (TPSA) is 93.5 Å². The number of nitrogens with two attached hydrogens (primary N) is 1. The summed E-state index contributed by atoms with van der Waals surface area (Å²) in [5, 5.41) is 5.65. The van der Waals surface area contributed by atoms with Gasteiger partial charge in [-0.3, -0.25) is 9.59 Å². The monoisotopic (exact) mass is 339 g/mol. The second-order valence-electron chi connectivity index (χ2n) is 6.30. The molecule has 0 aromatic heterocycles. The van der Waals surface area contributed by atoms with Crippen molar-refractivity contribution in [3.63, 3.8) is 0 Å². The molecule has 2 aromatic carbocycles. The van der Waals surface area contributed by atoms with E-state index in [4.69, 9.17) is 10.5 Å². The molecule has 2 unspecified atom stereocenters. The van der Waals surface area contributed by atoms with Gasteiger partial charge in [0.05, 0.1) is 12.8 Å². The molecule has 6 heteroatoms. The average Bonchev–Trinajstić information content (AvgIpc) is 3.32. The quantitative estimate of drug-likeness (QED) is 0.730. The zero-order valence-corrected chi connectivity index (χ0v) is 14.2. The van der Waals surface area contributed by atoms with Crippen LogP contribution in [-0.4, -0.2) is 18.9 Å². The minimum Gasteiger partial charge on any atom is -0.495 e. The SMILES string of the molecule is COc1ccc(NC(=O)c2cccc(NC(=O)C3CC3C)c2)cc1N. The van der Waals surface area contributed by atoms with E-state index >= 15 is 0 Å². The molecule has 2 aromatic rings. The van der Waals surface area contributed by atoms with Crippen LogP contribution in [0.25, 0.3) is 0 Å². The number of nitrogens with one attached hydrogen (secondary N) is 2. The summed E-state index contributed by atoms with van der Waals surface area (Å²) >= 11 is 0. The molecule has 6 nitrogen and oxygen atoms in total. The number of carbonyl (C=O) groups excluding carboxylic acids is 2. The van der Waals surface area contributed by atoms with E-state index in [1.807, 2.05) is 0 Å². The molecule has 2 atom stereocenters. The minimum absolute atomic E-state index is 0.00739. The van der Waals surface area contributed by atoms with Crippen molar-refractivity contribution in [3.8, 4) is 5.75 Å². The number of hydrogen-bond acceptors (Lipinski definition) is 4. The molecule has 1 aliphatic carbocycles. The first-order valence-corrected chi connectivity index (χ1v) is 8.13. The summed E-state index contributed by atoms with van der Waals surface area (Å²) in [7, 11) is 1.53. The molecular formula is C19H21N3O3. The van der Waals surface area contributed by atoms with Crippen LogP contribution in [0.2, 0.25) is 0 Å². The second kappa shape index (κ2) is 6.84. The van der Waals surface area contributed by atoms with E-state index < -0.39 is 0 Å². The first-order valence-electron chi connectivity index (χ1n) is 8.13. The zero-order chi connectivity index (χ0) is 18.0. The first kappa shape index (κ1) is 16.8. The van der Waals surface area contributed by atoms with Crippen LogP contribution in [0.1, 0.15) is 23.7 Å². The van der Waals surface area contributed by atoms with Gasteiger partial charge in [0.2, 0.25) is 5.91 Å². The Labute approximate surface area is 146 Å². The van der Waals surface area contributed by atoms with Crippen molar-refractivity contribution in [3.05, 3.63) is 48.0 Å². The van der Waals surface area contributed by atoms with Gasteiger partial charge < -0.3 is 21.1 Å². The summed E-state index contributed by atoms with van der Waals surface area (Å²) in [5.74, 6) is 0.803. The number of benzene rings is 2. The lowest BCUT2D eigenvalue weighted by Crippen LogP contribution is -2.16. The summed E-state index contributed by atoms with van der Waals surface area (Å²) in [6.07, 6.45) is 0.922. The van der Waals surface area contributed by atoms with Gasteiger partial charge in [0.1, 0.15) is 5.75 Å². The molecule has 0 aliphatic heterocycles. The summed E-state index contributed by atoms with van der Waals surface area (Å²) in [6, 6.07) is 11.9. The van der Waals surface area contributed by atoms with Gasteiger partial charge in [0.25, 0.3) is 5.91 Å². The average molecular weight is 339 g/mol. The molecule has 4 N–H and O–H groups in total. The highest BCUT2D eigenvalue weighted by atomic mass is 16.5. The van der Waals surface area contributed by atoms with Crippen molar-refractivity contribution in [1.29, 1.82) is 0 Å². The number of methoxy groups -OCH3 is 1. The van der Waals surface area contributed by atoms with Gasteiger partial charge in [-0.1, -0.05) is 13.0 Å². The van der Waals surface area contributed by atoms with E-state index in [0.29, 0.717) is 34.3 Å². The predicted octanol–water partition coefficient (Wildman–Crippen LogP) is 3.12. The maximum atomic E-state index is 12.4. The van der Waals surface area contributed by atoms with Crippen LogP contribution in [-0.2, 0) is 4.79 Å². The Balaban J connectivity index is 1.68. The standard InChI is InChI=1S/C19H21N3O3/c1-11-8-15(11)19(24)22-13-5-3-4-12(9-13)18(23)21-14-6-7-17(25-2)16(20)10-14/h3-7,9-11,15H,8,20H2,1-2H3,(H,21,23)(H,22,24). The molecule has 25 heavy (non-hydrogen) atoms. The Morgan fingerprint density at radius 3 is 2.48 bits per heavy atom. The number of anilines is 3. The molecule has 0 radical (unpaired) electrons. The Morgan fingerprint density at radius 1 is 1.12 bits per heavy atom. The van der Waals surface area contributed by atoms with Crippen molar-refractivity contribution in [2.45, 2.75) is 13.3 Å². The van der Waals surface area contributed by atoms with Gasteiger partial charge in [0, 0.05) is 22.9 Å².